The number of hydrogen-bond donors (Lipinski definition) is 1. The van der Waals surface area contributed by atoms with E-state index in [-0.39, 0.29) is 6.10 Å². The lowest BCUT2D eigenvalue weighted by molar-refractivity contribution is 0.141. The molecule has 2 atom stereocenters. The Labute approximate surface area is 148 Å². The van der Waals surface area contributed by atoms with E-state index in [2.05, 4.69) is 34.1 Å². The number of pyridine rings is 1. The van der Waals surface area contributed by atoms with Crippen LogP contribution in [0.3, 0.4) is 0 Å². The summed E-state index contributed by atoms with van der Waals surface area (Å²) in [6.45, 7) is 2.77. The Morgan fingerprint density at radius 2 is 1.88 bits per heavy atom. The minimum absolute atomic E-state index is 0.215. The molecule has 1 saturated carbocycles. The number of hydrogen-bond acceptors (Lipinski definition) is 4. The Morgan fingerprint density at radius 1 is 1.08 bits per heavy atom. The molecule has 1 aliphatic carbocycles. The smallest absolute Gasteiger partial charge is 0.0710 e. The second-order valence-electron chi connectivity index (χ2n) is 7.37. The third-order valence-electron chi connectivity index (χ3n) is 5.55. The van der Waals surface area contributed by atoms with E-state index in [1.54, 1.807) is 4.88 Å². The zero-order valence-electron chi connectivity index (χ0n) is 14.1. The molecule has 0 amide bonds. The van der Waals surface area contributed by atoms with Crippen molar-refractivity contribution in [2.45, 2.75) is 50.7 Å². The first-order chi connectivity index (χ1) is 11.8. The molecule has 2 aromatic heterocycles. The minimum Gasteiger partial charge on any atom is -0.391 e. The van der Waals surface area contributed by atoms with Crippen molar-refractivity contribution in [1.82, 2.24) is 9.88 Å². The van der Waals surface area contributed by atoms with E-state index >= 15 is 0 Å². The standard InChI is InChI=1S/C20H26N2OS/c23-19-14-22(12-17(19)11-15-7-9-21-10-8-15)13-18-5-6-20(24-18)16-3-1-2-4-16/h5-10,16-17,19,23H,1-4,11-14H2/t17-,19-/m1/s1. The first-order valence-electron chi connectivity index (χ1n) is 9.16. The lowest BCUT2D eigenvalue weighted by atomic mass is 9.97. The second kappa shape index (κ2) is 7.34. The van der Waals surface area contributed by atoms with Gasteiger partial charge in [0.05, 0.1) is 6.10 Å². The number of rotatable bonds is 5. The Balaban J connectivity index is 1.34. The summed E-state index contributed by atoms with van der Waals surface area (Å²) in [6, 6.07) is 8.77. The van der Waals surface area contributed by atoms with E-state index in [0.29, 0.717) is 5.92 Å². The van der Waals surface area contributed by atoms with Gasteiger partial charge in [-0.1, -0.05) is 12.8 Å². The minimum atomic E-state index is -0.215. The fraction of sp³-hybridized carbons (Fsp3) is 0.550. The van der Waals surface area contributed by atoms with Crippen LogP contribution >= 0.6 is 11.3 Å². The number of thiophene rings is 1. The molecule has 0 bridgehead atoms. The highest BCUT2D eigenvalue weighted by atomic mass is 32.1. The molecule has 2 fully saturated rings. The summed E-state index contributed by atoms with van der Waals surface area (Å²) in [5.41, 5.74) is 1.27. The van der Waals surface area contributed by atoms with Crippen LogP contribution < -0.4 is 0 Å². The third-order valence-corrected chi connectivity index (χ3v) is 6.78. The Morgan fingerprint density at radius 3 is 2.67 bits per heavy atom. The highest BCUT2D eigenvalue weighted by molar-refractivity contribution is 7.12. The Bertz CT molecular complexity index is 651. The van der Waals surface area contributed by atoms with E-state index in [4.69, 9.17) is 0 Å². The third kappa shape index (κ3) is 3.71. The Hall–Kier alpha value is -1.23. The number of nitrogens with zero attached hydrogens (tertiary/aromatic N) is 2. The van der Waals surface area contributed by atoms with Gasteiger partial charge in [0.2, 0.25) is 0 Å². The average Bonchev–Trinajstić information content (AvgIpc) is 3.31. The number of aromatic nitrogens is 1. The molecule has 3 heterocycles. The lowest BCUT2D eigenvalue weighted by Crippen LogP contribution is -2.20. The molecular weight excluding hydrogens is 316 g/mol. The molecule has 0 radical (unpaired) electrons. The molecule has 4 heteroatoms. The van der Waals surface area contributed by atoms with Gasteiger partial charge in [-0.05, 0) is 55.0 Å². The van der Waals surface area contributed by atoms with Gasteiger partial charge in [-0.2, -0.15) is 0 Å². The molecule has 1 aliphatic heterocycles. The summed E-state index contributed by atoms with van der Waals surface area (Å²) in [6.07, 6.45) is 9.94. The Kier molecular flexibility index (Phi) is 4.97. The van der Waals surface area contributed by atoms with Gasteiger partial charge in [0, 0.05) is 47.7 Å². The van der Waals surface area contributed by atoms with Crippen LogP contribution in [0.25, 0.3) is 0 Å². The van der Waals surface area contributed by atoms with Crippen LogP contribution in [0.4, 0.5) is 0 Å². The molecule has 24 heavy (non-hydrogen) atoms. The van der Waals surface area contributed by atoms with E-state index < -0.39 is 0 Å². The number of likely N-dealkylation sites (tertiary alicyclic amines) is 1. The van der Waals surface area contributed by atoms with Gasteiger partial charge in [-0.3, -0.25) is 9.88 Å². The van der Waals surface area contributed by atoms with Crippen molar-refractivity contribution in [2.75, 3.05) is 13.1 Å². The fourth-order valence-corrected chi connectivity index (χ4v) is 5.45. The average molecular weight is 343 g/mol. The maximum absolute atomic E-state index is 10.4. The highest BCUT2D eigenvalue weighted by Crippen LogP contribution is 2.38. The van der Waals surface area contributed by atoms with Crippen LogP contribution in [-0.2, 0) is 13.0 Å². The summed E-state index contributed by atoms with van der Waals surface area (Å²) >= 11 is 1.99. The maximum atomic E-state index is 10.4. The van der Waals surface area contributed by atoms with Crippen molar-refractivity contribution < 1.29 is 5.11 Å². The topological polar surface area (TPSA) is 36.4 Å². The van der Waals surface area contributed by atoms with E-state index in [0.717, 1.165) is 32.0 Å². The van der Waals surface area contributed by atoms with Crippen LogP contribution in [0.1, 0.15) is 46.9 Å². The van der Waals surface area contributed by atoms with Gasteiger partial charge in [0.1, 0.15) is 0 Å². The van der Waals surface area contributed by atoms with Crippen LogP contribution in [-0.4, -0.2) is 34.2 Å². The van der Waals surface area contributed by atoms with E-state index in [1.807, 2.05) is 23.7 Å². The van der Waals surface area contributed by atoms with Gasteiger partial charge in [0.25, 0.3) is 0 Å². The molecule has 0 aromatic carbocycles. The SMILES string of the molecule is O[C@@H]1CN(Cc2ccc(C3CCCC3)s2)C[C@H]1Cc1ccncc1. The molecule has 4 rings (SSSR count). The molecule has 0 unspecified atom stereocenters. The van der Waals surface area contributed by atoms with Gasteiger partial charge in [-0.25, -0.2) is 0 Å². The normalized spacial score (nSPS) is 25.5. The first kappa shape index (κ1) is 16.2. The van der Waals surface area contributed by atoms with Gasteiger partial charge in [0.15, 0.2) is 0 Å². The molecule has 1 N–H and O–H groups in total. The van der Waals surface area contributed by atoms with Gasteiger partial charge >= 0.3 is 0 Å². The maximum Gasteiger partial charge on any atom is 0.0710 e. The molecule has 2 aromatic rings. The van der Waals surface area contributed by atoms with Crippen molar-refractivity contribution >= 4 is 11.3 Å². The van der Waals surface area contributed by atoms with Crippen molar-refractivity contribution in [2.24, 2.45) is 5.92 Å². The molecule has 1 saturated heterocycles. The number of β-amino-alcohol motifs (C(OH)–C–C–N with tert-alkyl or cyclic N) is 1. The summed E-state index contributed by atoms with van der Waals surface area (Å²) in [5.74, 6) is 1.15. The zero-order chi connectivity index (χ0) is 16.4. The van der Waals surface area contributed by atoms with Crippen molar-refractivity contribution in [1.29, 1.82) is 0 Å². The molecular formula is C20H26N2OS. The van der Waals surface area contributed by atoms with E-state index in [1.165, 1.54) is 36.1 Å². The molecule has 128 valence electrons. The summed E-state index contributed by atoms with van der Waals surface area (Å²) in [4.78, 5) is 9.52. The van der Waals surface area contributed by atoms with Crippen LogP contribution in [0.15, 0.2) is 36.7 Å². The summed E-state index contributed by atoms with van der Waals surface area (Å²) in [7, 11) is 0. The van der Waals surface area contributed by atoms with Crippen LogP contribution in [0, 0.1) is 5.92 Å². The number of aliphatic hydroxyl groups is 1. The number of aliphatic hydroxyl groups excluding tert-OH is 1. The molecule has 3 nitrogen and oxygen atoms in total. The van der Waals surface area contributed by atoms with Crippen LogP contribution in [0.2, 0.25) is 0 Å². The van der Waals surface area contributed by atoms with Crippen molar-refractivity contribution in [3.63, 3.8) is 0 Å². The molecule has 2 aliphatic rings. The summed E-state index contributed by atoms with van der Waals surface area (Å²) < 4.78 is 0. The monoisotopic (exact) mass is 342 g/mol. The van der Waals surface area contributed by atoms with Gasteiger partial charge < -0.3 is 5.11 Å². The van der Waals surface area contributed by atoms with Gasteiger partial charge in [-0.15, -0.1) is 11.3 Å². The highest BCUT2D eigenvalue weighted by Gasteiger charge is 2.31. The quantitative estimate of drug-likeness (QED) is 0.897. The predicted octanol–water partition coefficient (Wildman–Crippen LogP) is 3.84. The van der Waals surface area contributed by atoms with Crippen LogP contribution in [0.5, 0.6) is 0 Å². The fourth-order valence-electron chi connectivity index (χ4n) is 4.22. The zero-order valence-corrected chi connectivity index (χ0v) is 14.9. The molecule has 0 spiro atoms. The largest absolute Gasteiger partial charge is 0.391 e. The van der Waals surface area contributed by atoms with E-state index in [9.17, 15) is 5.11 Å². The van der Waals surface area contributed by atoms with Crippen molar-refractivity contribution in [3.05, 3.63) is 52.0 Å². The summed E-state index contributed by atoms with van der Waals surface area (Å²) in [5, 5.41) is 10.4. The first-order valence-corrected chi connectivity index (χ1v) is 9.97. The van der Waals surface area contributed by atoms with Crippen molar-refractivity contribution in [3.8, 4) is 0 Å². The predicted molar refractivity (Wildman–Crippen MR) is 98.2 cm³/mol. The second-order valence-corrected chi connectivity index (χ2v) is 8.57. The lowest BCUT2D eigenvalue weighted by Gasteiger charge is -2.14.